The molecule has 1 aromatic carbocycles. The van der Waals surface area contributed by atoms with Gasteiger partial charge >= 0.3 is 0 Å². The molecule has 30 heavy (non-hydrogen) atoms. The summed E-state index contributed by atoms with van der Waals surface area (Å²) in [4.78, 5) is 28.3. The predicted octanol–water partition coefficient (Wildman–Crippen LogP) is 3.24. The number of aromatic amines is 1. The molecule has 1 amide bonds. The molecule has 2 rings (SSSR count). The van der Waals surface area contributed by atoms with Gasteiger partial charge in [0.1, 0.15) is 0 Å². The van der Waals surface area contributed by atoms with E-state index in [0.29, 0.717) is 17.8 Å². The van der Waals surface area contributed by atoms with Crippen molar-refractivity contribution < 1.29 is 9.59 Å². The lowest BCUT2D eigenvalue weighted by atomic mass is 9.84. The van der Waals surface area contributed by atoms with Gasteiger partial charge in [0, 0.05) is 41.4 Å². The number of nitrogens with two attached hydrogens (primary N) is 1. The summed E-state index contributed by atoms with van der Waals surface area (Å²) < 4.78 is 0. The summed E-state index contributed by atoms with van der Waals surface area (Å²) in [5, 5.41) is 7.79. The zero-order valence-electron chi connectivity index (χ0n) is 18.5. The van der Waals surface area contributed by atoms with Gasteiger partial charge < -0.3 is 21.4 Å². The number of carbonyl (C=O) groups is 2. The van der Waals surface area contributed by atoms with Gasteiger partial charge in [-0.05, 0) is 18.1 Å². The molecule has 5 N–H and O–H groups in total. The van der Waals surface area contributed by atoms with Gasteiger partial charge in [-0.1, -0.05) is 65.0 Å². The smallest absolute Gasteiger partial charge is 0.217 e. The van der Waals surface area contributed by atoms with E-state index < -0.39 is 11.5 Å². The second-order valence-corrected chi connectivity index (χ2v) is 9.56. The van der Waals surface area contributed by atoms with Gasteiger partial charge in [0.25, 0.3) is 0 Å². The molecule has 0 fully saturated rings. The lowest BCUT2D eigenvalue weighted by Crippen LogP contribution is -2.53. The molecule has 0 aliphatic rings. The molecule has 164 valence electrons. The van der Waals surface area contributed by atoms with Crippen LogP contribution in [-0.2, 0) is 16.0 Å². The fourth-order valence-electron chi connectivity index (χ4n) is 3.50. The number of Topliss-reactive ketones (excluding diaryl/α,β-unsaturated/α-hetero) is 1. The number of H-pyrrole nitrogens is 1. The molecule has 0 unspecified atom stereocenters. The van der Waals surface area contributed by atoms with Gasteiger partial charge in [0.05, 0.1) is 17.1 Å². The Balaban J connectivity index is 2.26. The number of aromatic nitrogens is 1. The summed E-state index contributed by atoms with van der Waals surface area (Å²) in [6.45, 7) is 9.78. The Labute approximate surface area is 184 Å². The number of para-hydroxylation sites is 1. The van der Waals surface area contributed by atoms with Crippen molar-refractivity contribution >= 4 is 39.8 Å². The summed E-state index contributed by atoms with van der Waals surface area (Å²) in [5.74, 6) is -0.275. The van der Waals surface area contributed by atoms with Crippen LogP contribution in [0.2, 0.25) is 0 Å². The van der Waals surface area contributed by atoms with Crippen molar-refractivity contribution in [2.24, 2.45) is 11.1 Å². The van der Waals surface area contributed by atoms with Crippen molar-refractivity contribution in [1.29, 1.82) is 0 Å². The summed E-state index contributed by atoms with van der Waals surface area (Å²) >= 11 is 5.67. The zero-order valence-corrected chi connectivity index (χ0v) is 19.4. The molecule has 0 spiro atoms. The molecule has 0 aliphatic carbocycles. The number of nitrogens with one attached hydrogen (secondary N) is 3. The third kappa shape index (κ3) is 6.64. The first-order chi connectivity index (χ1) is 14.0. The fraction of sp³-hybridized carbons (Fsp3) is 0.522. The van der Waals surface area contributed by atoms with E-state index in [1.807, 2.05) is 65.1 Å². The number of carbonyl (C=O) groups excluding carboxylic acids is 2. The number of primary amides is 1. The van der Waals surface area contributed by atoms with Gasteiger partial charge in [-0.2, -0.15) is 0 Å². The van der Waals surface area contributed by atoms with Crippen molar-refractivity contribution in [2.45, 2.75) is 72.0 Å². The lowest BCUT2D eigenvalue weighted by molar-refractivity contribution is -0.128. The number of hydrogen-bond acceptors (Lipinski definition) is 4. The number of ketones is 1. The van der Waals surface area contributed by atoms with Crippen LogP contribution in [0.15, 0.2) is 30.5 Å². The fourth-order valence-corrected chi connectivity index (χ4v) is 3.83. The van der Waals surface area contributed by atoms with Crippen LogP contribution in [0.3, 0.4) is 0 Å². The van der Waals surface area contributed by atoms with Crippen molar-refractivity contribution in [3.8, 4) is 0 Å². The number of amides is 1. The second-order valence-electron chi connectivity index (χ2n) is 9.12. The highest BCUT2D eigenvalue weighted by molar-refractivity contribution is 7.80. The van der Waals surface area contributed by atoms with Crippen LogP contribution < -0.4 is 16.4 Å². The van der Waals surface area contributed by atoms with E-state index >= 15 is 0 Å². The molecule has 1 heterocycles. The van der Waals surface area contributed by atoms with E-state index in [1.165, 1.54) is 0 Å². The van der Waals surface area contributed by atoms with Crippen LogP contribution in [0.25, 0.3) is 10.9 Å². The highest BCUT2D eigenvalue weighted by atomic mass is 32.1. The molecular weight excluding hydrogens is 396 g/mol. The zero-order chi connectivity index (χ0) is 22.5. The lowest BCUT2D eigenvalue weighted by Gasteiger charge is -2.30. The minimum absolute atomic E-state index is 0.0910. The summed E-state index contributed by atoms with van der Waals surface area (Å²) in [6.07, 6.45) is 3.19. The topological polar surface area (TPSA) is 100 Å². The minimum Gasteiger partial charge on any atom is -0.370 e. The molecule has 6 nitrogen and oxygen atoms in total. The normalized spacial score (nSPS) is 13.9. The molecular formula is C23H34N4O2S. The molecule has 1 aromatic heterocycles. The van der Waals surface area contributed by atoms with Gasteiger partial charge in [-0.3, -0.25) is 9.59 Å². The SMILES string of the molecule is CC(C)N[C@@H](CCC(N)=O)C(=S)N[C@@H](Cc1c[nH]c2ccccc12)C(=O)C(C)(C)C. The molecule has 2 aromatic rings. The van der Waals surface area contributed by atoms with E-state index in [0.717, 1.165) is 16.5 Å². The van der Waals surface area contributed by atoms with Crippen LogP contribution in [-0.4, -0.2) is 39.8 Å². The van der Waals surface area contributed by atoms with Crippen molar-refractivity contribution in [2.75, 3.05) is 0 Å². The Hall–Kier alpha value is -2.25. The van der Waals surface area contributed by atoms with E-state index in [9.17, 15) is 9.59 Å². The molecule has 0 saturated carbocycles. The minimum atomic E-state index is -0.520. The first kappa shape index (κ1) is 24.0. The Morgan fingerprint density at radius 3 is 2.43 bits per heavy atom. The second kappa shape index (κ2) is 10.2. The summed E-state index contributed by atoms with van der Waals surface area (Å²) in [5.41, 5.74) is 6.92. The Morgan fingerprint density at radius 2 is 1.83 bits per heavy atom. The first-order valence-corrected chi connectivity index (χ1v) is 10.8. The number of fused-ring (bicyclic) bond motifs is 1. The average Bonchev–Trinajstić information content (AvgIpc) is 3.05. The molecule has 0 saturated heterocycles. The highest BCUT2D eigenvalue weighted by Crippen LogP contribution is 2.23. The highest BCUT2D eigenvalue weighted by Gasteiger charge is 2.32. The van der Waals surface area contributed by atoms with Crippen LogP contribution in [0.1, 0.15) is 53.0 Å². The van der Waals surface area contributed by atoms with Crippen LogP contribution in [0.4, 0.5) is 0 Å². The third-order valence-electron chi connectivity index (χ3n) is 5.00. The molecule has 0 radical (unpaired) electrons. The number of rotatable bonds is 10. The number of benzene rings is 1. The van der Waals surface area contributed by atoms with E-state index in [2.05, 4.69) is 15.6 Å². The Bertz CT molecular complexity index is 898. The summed E-state index contributed by atoms with van der Waals surface area (Å²) in [7, 11) is 0. The number of thiocarbonyl (C=S) groups is 1. The van der Waals surface area contributed by atoms with Crippen LogP contribution in [0.5, 0.6) is 0 Å². The standard InChI is InChI=1S/C23H34N4O2S/c1-14(2)26-18(10-11-20(24)28)22(30)27-19(21(29)23(3,4)5)12-15-13-25-17-9-7-6-8-16(15)17/h6-9,13-14,18-19,25-26H,10-12H2,1-5H3,(H2,24,28)(H,27,30)/t18-,19-/m0/s1. The summed E-state index contributed by atoms with van der Waals surface area (Å²) in [6, 6.07) is 7.51. The quantitative estimate of drug-likeness (QED) is 0.434. The van der Waals surface area contributed by atoms with E-state index in [-0.39, 0.29) is 30.2 Å². The monoisotopic (exact) mass is 430 g/mol. The largest absolute Gasteiger partial charge is 0.370 e. The van der Waals surface area contributed by atoms with Crippen molar-refractivity contribution in [1.82, 2.24) is 15.6 Å². The van der Waals surface area contributed by atoms with Crippen molar-refractivity contribution in [3.63, 3.8) is 0 Å². The van der Waals surface area contributed by atoms with Gasteiger partial charge in [-0.15, -0.1) is 0 Å². The Morgan fingerprint density at radius 1 is 1.17 bits per heavy atom. The van der Waals surface area contributed by atoms with Gasteiger partial charge in [0.15, 0.2) is 5.78 Å². The van der Waals surface area contributed by atoms with E-state index in [1.54, 1.807) is 0 Å². The van der Waals surface area contributed by atoms with Crippen molar-refractivity contribution in [3.05, 3.63) is 36.0 Å². The molecule has 0 bridgehead atoms. The van der Waals surface area contributed by atoms with Crippen LogP contribution in [0, 0.1) is 5.41 Å². The van der Waals surface area contributed by atoms with Gasteiger partial charge in [0.2, 0.25) is 5.91 Å². The maximum absolute atomic E-state index is 13.2. The Kier molecular flexibility index (Phi) is 8.15. The first-order valence-electron chi connectivity index (χ1n) is 10.4. The molecule has 7 heteroatoms. The van der Waals surface area contributed by atoms with Crippen LogP contribution >= 0.6 is 12.2 Å². The predicted molar refractivity (Wildman–Crippen MR) is 126 cm³/mol. The average molecular weight is 431 g/mol. The van der Waals surface area contributed by atoms with E-state index in [4.69, 9.17) is 18.0 Å². The number of hydrogen-bond donors (Lipinski definition) is 4. The maximum Gasteiger partial charge on any atom is 0.217 e. The third-order valence-corrected chi connectivity index (χ3v) is 5.40. The molecule has 2 atom stereocenters. The maximum atomic E-state index is 13.2. The molecule has 0 aliphatic heterocycles. The van der Waals surface area contributed by atoms with Gasteiger partial charge in [-0.25, -0.2) is 0 Å².